The Morgan fingerprint density at radius 3 is 1.67 bits per heavy atom. The lowest BCUT2D eigenvalue weighted by Crippen LogP contribution is -1.96. The van der Waals surface area contributed by atoms with Crippen LogP contribution in [0.4, 0.5) is 0 Å². The van der Waals surface area contributed by atoms with Gasteiger partial charge in [0.15, 0.2) is 5.58 Å². The van der Waals surface area contributed by atoms with E-state index >= 15 is 0 Å². The summed E-state index contributed by atoms with van der Waals surface area (Å²) in [7, 11) is 0. The summed E-state index contributed by atoms with van der Waals surface area (Å²) in [6, 6.07) is 70.2. The number of hydrogen-bond acceptors (Lipinski definition) is 1. The fourth-order valence-electron chi connectivity index (χ4n) is 9.11. The van der Waals surface area contributed by atoms with Gasteiger partial charge in [0.1, 0.15) is 5.58 Å². The molecule has 0 aliphatic carbocycles. The first-order chi connectivity index (χ1) is 27.3. The minimum absolute atomic E-state index is 0.881. The lowest BCUT2D eigenvalue weighted by atomic mass is 9.95. The predicted octanol–water partition coefficient (Wildman–Crippen LogP) is 14.3. The minimum atomic E-state index is 0.881. The molecule has 0 saturated carbocycles. The zero-order valence-electron chi connectivity index (χ0n) is 29.8. The van der Waals surface area contributed by atoms with Crippen molar-refractivity contribution in [3.63, 3.8) is 0 Å². The Morgan fingerprint density at radius 1 is 0.345 bits per heavy atom. The number of para-hydroxylation sites is 4. The van der Waals surface area contributed by atoms with E-state index < -0.39 is 0 Å². The van der Waals surface area contributed by atoms with Crippen LogP contribution < -0.4 is 0 Å². The molecule has 0 spiro atoms. The number of rotatable bonds is 4. The Balaban J connectivity index is 1.18. The number of aromatic nitrogens is 2. The smallest absolute Gasteiger partial charge is 0.159 e. The second-order valence-corrected chi connectivity index (χ2v) is 14.5. The first kappa shape index (κ1) is 30.1. The third-order valence-electron chi connectivity index (χ3n) is 11.5. The fraction of sp³-hybridized carbons (Fsp3) is 0. The van der Waals surface area contributed by atoms with Gasteiger partial charge in [-0.3, -0.25) is 0 Å². The Kier molecular flexibility index (Phi) is 6.34. The average molecular weight is 701 g/mol. The zero-order valence-corrected chi connectivity index (χ0v) is 29.8. The summed E-state index contributed by atoms with van der Waals surface area (Å²) in [6.07, 6.45) is 0. The monoisotopic (exact) mass is 700 g/mol. The first-order valence-electron chi connectivity index (χ1n) is 18.9. The quantitative estimate of drug-likeness (QED) is 0.179. The molecular weight excluding hydrogens is 669 g/mol. The molecule has 0 saturated heterocycles. The van der Waals surface area contributed by atoms with Gasteiger partial charge < -0.3 is 13.6 Å². The molecule has 0 radical (unpaired) electrons. The van der Waals surface area contributed by atoms with Gasteiger partial charge in [-0.05, 0) is 93.7 Å². The summed E-state index contributed by atoms with van der Waals surface area (Å²) in [5.41, 5.74) is 13.4. The summed E-state index contributed by atoms with van der Waals surface area (Å²) in [5, 5.41) is 9.61. The van der Waals surface area contributed by atoms with Gasteiger partial charge in [-0.2, -0.15) is 0 Å². The van der Waals surface area contributed by atoms with Crippen LogP contribution in [0.25, 0.3) is 110 Å². The molecule has 0 aliphatic heterocycles. The number of fused-ring (bicyclic) bond motifs is 10. The summed E-state index contributed by atoms with van der Waals surface area (Å²) < 4.78 is 11.6. The molecule has 0 N–H and O–H groups in total. The topological polar surface area (TPSA) is 23.0 Å². The van der Waals surface area contributed by atoms with Gasteiger partial charge in [-0.25, -0.2) is 0 Å². The third kappa shape index (κ3) is 4.38. The van der Waals surface area contributed by atoms with Crippen LogP contribution in [-0.2, 0) is 0 Å². The van der Waals surface area contributed by atoms with Crippen LogP contribution >= 0.6 is 0 Å². The predicted molar refractivity (Wildman–Crippen MR) is 231 cm³/mol. The van der Waals surface area contributed by atoms with Gasteiger partial charge in [0.25, 0.3) is 0 Å². The van der Waals surface area contributed by atoms with E-state index in [1.807, 2.05) is 0 Å². The van der Waals surface area contributed by atoms with E-state index in [2.05, 4.69) is 203 Å². The Labute approximate surface area is 316 Å². The maximum atomic E-state index is 6.81. The number of hydrogen-bond donors (Lipinski definition) is 0. The Hall–Kier alpha value is -7.36. The van der Waals surface area contributed by atoms with Gasteiger partial charge in [-0.15, -0.1) is 0 Å². The molecule has 0 aliphatic rings. The van der Waals surface area contributed by atoms with Crippen LogP contribution in [0, 0.1) is 0 Å². The van der Waals surface area contributed by atoms with Crippen molar-refractivity contribution in [2.45, 2.75) is 0 Å². The fourth-order valence-corrected chi connectivity index (χ4v) is 9.11. The third-order valence-corrected chi connectivity index (χ3v) is 11.5. The van der Waals surface area contributed by atoms with Crippen LogP contribution in [0.15, 0.2) is 199 Å². The van der Waals surface area contributed by atoms with Crippen LogP contribution in [0.3, 0.4) is 0 Å². The summed E-state index contributed by atoms with van der Waals surface area (Å²) in [4.78, 5) is 0. The lowest BCUT2D eigenvalue weighted by Gasteiger charge is -2.13. The van der Waals surface area contributed by atoms with E-state index in [1.54, 1.807) is 0 Å². The zero-order chi connectivity index (χ0) is 36.0. The van der Waals surface area contributed by atoms with Crippen LogP contribution in [0.1, 0.15) is 0 Å². The van der Waals surface area contributed by atoms with Gasteiger partial charge in [-0.1, -0.05) is 133 Å². The highest BCUT2D eigenvalue weighted by Crippen LogP contribution is 2.46. The van der Waals surface area contributed by atoms with Gasteiger partial charge >= 0.3 is 0 Å². The highest BCUT2D eigenvalue weighted by molar-refractivity contribution is 6.23. The van der Waals surface area contributed by atoms with Crippen molar-refractivity contribution in [3.05, 3.63) is 194 Å². The molecule has 0 amide bonds. The molecular formula is C52H32N2O. The molecule has 0 atom stereocenters. The Morgan fingerprint density at radius 2 is 0.927 bits per heavy atom. The van der Waals surface area contributed by atoms with Crippen molar-refractivity contribution >= 4 is 76.3 Å². The normalized spacial score (nSPS) is 12.0. The molecule has 0 unspecified atom stereocenters. The molecule has 12 rings (SSSR count). The minimum Gasteiger partial charge on any atom is -0.454 e. The summed E-state index contributed by atoms with van der Waals surface area (Å²) in [6.45, 7) is 0. The molecule has 9 aromatic carbocycles. The molecule has 0 bridgehead atoms. The Bertz CT molecular complexity index is 3490. The van der Waals surface area contributed by atoms with Crippen LogP contribution in [0.5, 0.6) is 0 Å². The highest BCUT2D eigenvalue weighted by Gasteiger charge is 2.23. The van der Waals surface area contributed by atoms with E-state index in [1.165, 1.54) is 60.0 Å². The first-order valence-corrected chi connectivity index (χ1v) is 18.9. The molecule has 0 fully saturated rings. The van der Waals surface area contributed by atoms with Crippen molar-refractivity contribution in [1.82, 2.24) is 9.13 Å². The van der Waals surface area contributed by atoms with Crippen LogP contribution in [0.2, 0.25) is 0 Å². The van der Waals surface area contributed by atoms with Gasteiger partial charge in [0, 0.05) is 38.0 Å². The van der Waals surface area contributed by atoms with Gasteiger partial charge in [0.05, 0.1) is 27.8 Å². The maximum Gasteiger partial charge on any atom is 0.159 e. The van der Waals surface area contributed by atoms with E-state index in [0.29, 0.717) is 0 Å². The lowest BCUT2D eigenvalue weighted by molar-refractivity contribution is 0.666. The van der Waals surface area contributed by atoms with E-state index in [4.69, 9.17) is 4.42 Å². The molecule has 3 heterocycles. The van der Waals surface area contributed by atoms with Crippen molar-refractivity contribution in [2.24, 2.45) is 0 Å². The molecule has 12 aromatic rings. The summed E-state index contributed by atoms with van der Waals surface area (Å²) in [5.74, 6) is 0. The SMILES string of the molecule is c1ccc(-n2c3ccccc3c3c(-c4cccc5c4c4ccccc4n5-c4cc(-c5ccc6ccccc6c5)cc5c4oc4ccccc45)cccc32)cc1. The number of benzene rings is 9. The van der Waals surface area contributed by atoms with Crippen molar-refractivity contribution in [2.75, 3.05) is 0 Å². The maximum absolute atomic E-state index is 6.81. The van der Waals surface area contributed by atoms with E-state index in [0.717, 1.165) is 49.9 Å². The summed E-state index contributed by atoms with van der Waals surface area (Å²) >= 11 is 0. The largest absolute Gasteiger partial charge is 0.454 e. The molecule has 3 heteroatoms. The standard InChI is InChI=1S/C52H32N2O/c1-2-16-37(17-3-1)53-44-23-9-6-19-41(44)50-39(21-12-25-46(50)53)40-22-13-26-47-51(40)42-20-7-10-24-45(42)54(47)48-32-36(35-29-28-33-14-4-5-15-34(33)30-35)31-43-38-18-8-11-27-49(38)55-52(43)48/h1-32H. The average Bonchev–Trinajstić information content (AvgIpc) is 3.91. The van der Waals surface area contributed by atoms with E-state index in [-0.39, 0.29) is 0 Å². The van der Waals surface area contributed by atoms with Gasteiger partial charge in [0.2, 0.25) is 0 Å². The molecule has 256 valence electrons. The second kappa shape index (κ2) is 11.6. The van der Waals surface area contributed by atoms with Crippen molar-refractivity contribution in [3.8, 4) is 33.6 Å². The van der Waals surface area contributed by atoms with Crippen LogP contribution in [-0.4, -0.2) is 9.13 Å². The highest BCUT2D eigenvalue weighted by atomic mass is 16.3. The number of nitrogens with zero attached hydrogens (tertiary/aromatic N) is 2. The molecule has 55 heavy (non-hydrogen) atoms. The van der Waals surface area contributed by atoms with Crippen molar-refractivity contribution in [1.29, 1.82) is 0 Å². The molecule has 3 nitrogen and oxygen atoms in total. The van der Waals surface area contributed by atoms with Crippen molar-refractivity contribution < 1.29 is 4.42 Å². The second-order valence-electron chi connectivity index (χ2n) is 14.5. The molecule has 3 aromatic heterocycles. The number of furan rings is 1. The van der Waals surface area contributed by atoms with E-state index in [9.17, 15) is 0 Å².